The topological polar surface area (TPSA) is 99.1 Å². The summed E-state index contributed by atoms with van der Waals surface area (Å²) < 4.78 is 8.95. The van der Waals surface area contributed by atoms with E-state index in [1.54, 1.807) is 6.33 Å². The fraction of sp³-hybridized carbons (Fsp3) is 0.433. The van der Waals surface area contributed by atoms with E-state index in [0.717, 1.165) is 38.7 Å². The number of anilines is 1. The van der Waals surface area contributed by atoms with Crippen molar-refractivity contribution in [1.29, 1.82) is 0 Å². The quantitative estimate of drug-likeness (QED) is 0.200. The van der Waals surface area contributed by atoms with E-state index in [0.29, 0.717) is 17.0 Å². The predicted octanol–water partition coefficient (Wildman–Crippen LogP) is 4.86. The molecule has 2 heterocycles. The molecule has 0 aliphatic heterocycles. The second-order valence-electron chi connectivity index (χ2n) is 11.1. The van der Waals surface area contributed by atoms with Gasteiger partial charge in [0.25, 0.3) is 8.32 Å². The van der Waals surface area contributed by atoms with Crippen molar-refractivity contribution in [3.63, 3.8) is 0 Å². The van der Waals surface area contributed by atoms with E-state index in [4.69, 9.17) is 10.2 Å². The zero-order valence-electron chi connectivity index (χ0n) is 23.0. The van der Waals surface area contributed by atoms with Crippen molar-refractivity contribution in [2.45, 2.75) is 77.0 Å². The first-order valence-corrected chi connectivity index (χ1v) is 15.5. The zero-order valence-corrected chi connectivity index (χ0v) is 24.0. The van der Waals surface area contributed by atoms with Crippen LogP contribution in [0.4, 0.5) is 5.82 Å². The number of nitrogens with zero attached hydrogens (tertiary/aromatic N) is 4. The summed E-state index contributed by atoms with van der Waals surface area (Å²) >= 11 is 0. The average Bonchev–Trinajstić information content (AvgIpc) is 3.33. The van der Waals surface area contributed by atoms with Gasteiger partial charge in [0.1, 0.15) is 11.8 Å². The molecule has 0 bridgehead atoms. The molecule has 3 N–H and O–H groups in total. The van der Waals surface area contributed by atoms with Gasteiger partial charge in [-0.3, -0.25) is 0 Å². The lowest BCUT2D eigenvalue weighted by Gasteiger charge is -2.43. The summed E-state index contributed by atoms with van der Waals surface area (Å²) in [6.45, 7) is 9.49. The summed E-state index contributed by atoms with van der Waals surface area (Å²) in [5.74, 6) is 0.360. The van der Waals surface area contributed by atoms with Gasteiger partial charge in [0.2, 0.25) is 0 Å². The van der Waals surface area contributed by atoms with Gasteiger partial charge in [-0.05, 0) is 35.2 Å². The van der Waals surface area contributed by atoms with Crippen molar-refractivity contribution < 1.29 is 9.53 Å². The van der Waals surface area contributed by atoms with Gasteiger partial charge < -0.3 is 19.8 Å². The molecule has 0 fully saturated rings. The van der Waals surface area contributed by atoms with E-state index in [1.807, 2.05) is 11.5 Å². The average molecular weight is 532 g/mol. The molecule has 0 spiro atoms. The van der Waals surface area contributed by atoms with E-state index in [-0.39, 0.29) is 11.1 Å². The fourth-order valence-electron chi connectivity index (χ4n) is 5.52. The Kier molecular flexibility index (Phi) is 8.97. The molecule has 202 valence electrons. The van der Waals surface area contributed by atoms with Gasteiger partial charge in [0, 0.05) is 6.61 Å². The van der Waals surface area contributed by atoms with Crippen molar-refractivity contribution in [1.82, 2.24) is 19.5 Å². The molecule has 4 rings (SSSR count). The SMILES string of the molecule is C[C@H](O)[C@@H](CCCCCCO[Si](c1ccccc1)(c1ccccc1)C(C)(C)C)n1cnc2c(N)ncnc21. The Labute approximate surface area is 227 Å². The molecule has 0 amide bonds. The smallest absolute Gasteiger partial charge is 0.261 e. The molecule has 7 nitrogen and oxygen atoms in total. The van der Waals surface area contributed by atoms with Gasteiger partial charge in [-0.15, -0.1) is 0 Å². The maximum Gasteiger partial charge on any atom is 0.261 e. The highest BCUT2D eigenvalue weighted by atomic mass is 28.4. The second kappa shape index (κ2) is 12.2. The molecular weight excluding hydrogens is 490 g/mol. The lowest BCUT2D eigenvalue weighted by Crippen LogP contribution is -2.66. The lowest BCUT2D eigenvalue weighted by molar-refractivity contribution is 0.124. The first-order chi connectivity index (χ1) is 18.3. The molecule has 2 atom stereocenters. The molecule has 38 heavy (non-hydrogen) atoms. The zero-order chi connectivity index (χ0) is 27.2. The number of benzene rings is 2. The molecule has 4 aromatic rings. The third-order valence-corrected chi connectivity index (χ3v) is 12.5. The van der Waals surface area contributed by atoms with Crippen molar-refractivity contribution in [2.24, 2.45) is 0 Å². The number of aliphatic hydroxyl groups is 1. The first-order valence-electron chi connectivity index (χ1n) is 13.6. The summed E-state index contributed by atoms with van der Waals surface area (Å²) in [5.41, 5.74) is 7.20. The van der Waals surface area contributed by atoms with Gasteiger partial charge in [-0.25, -0.2) is 15.0 Å². The molecule has 0 aliphatic rings. The monoisotopic (exact) mass is 531 g/mol. The normalized spacial score (nSPS) is 14.0. The van der Waals surface area contributed by atoms with Crippen molar-refractivity contribution in [3.05, 3.63) is 73.3 Å². The third kappa shape index (κ3) is 5.82. The van der Waals surface area contributed by atoms with Gasteiger partial charge in [0.05, 0.1) is 18.5 Å². The molecule has 8 heteroatoms. The van der Waals surface area contributed by atoms with Gasteiger partial charge in [0.15, 0.2) is 11.5 Å². The van der Waals surface area contributed by atoms with E-state index in [2.05, 4.69) is 96.4 Å². The molecule has 2 aromatic heterocycles. The summed E-state index contributed by atoms with van der Waals surface area (Å²) in [6.07, 6.45) is 7.61. The maximum absolute atomic E-state index is 10.5. The Hall–Kier alpha value is -3.07. The van der Waals surface area contributed by atoms with Crippen LogP contribution in [0.15, 0.2) is 73.3 Å². The van der Waals surface area contributed by atoms with Crippen molar-refractivity contribution >= 4 is 35.7 Å². The minimum Gasteiger partial charge on any atom is -0.407 e. The third-order valence-electron chi connectivity index (χ3n) is 7.43. The molecule has 2 aromatic carbocycles. The number of aliphatic hydroxyl groups excluding tert-OH is 1. The number of hydrogen-bond acceptors (Lipinski definition) is 6. The number of aromatic nitrogens is 4. The number of fused-ring (bicyclic) bond motifs is 1. The number of hydrogen-bond donors (Lipinski definition) is 2. The van der Waals surface area contributed by atoms with Gasteiger partial charge in [-0.1, -0.05) is 101 Å². The van der Waals surface area contributed by atoms with Gasteiger partial charge >= 0.3 is 0 Å². The van der Waals surface area contributed by atoms with E-state index in [9.17, 15) is 5.11 Å². The van der Waals surface area contributed by atoms with Crippen molar-refractivity contribution in [3.8, 4) is 0 Å². The Bertz CT molecular complexity index is 1250. The fourth-order valence-corrected chi connectivity index (χ4v) is 10.1. The lowest BCUT2D eigenvalue weighted by atomic mass is 10.0. The molecule has 0 unspecified atom stereocenters. The van der Waals surface area contributed by atoms with Crippen molar-refractivity contribution in [2.75, 3.05) is 12.3 Å². The van der Waals surface area contributed by atoms with Crippen LogP contribution in [-0.2, 0) is 4.43 Å². The van der Waals surface area contributed by atoms with Crippen LogP contribution in [0.3, 0.4) is 0 Å². The van der Waals surface area contributed by atoms with Crippen LogP contribution < -0.4 is 16.1 Å². The molecule has 0 aliphatic carbocycles. The summed E-state index contributed by atoms with van der Waals surface area (Å²) in [4.78, 5) is 12.7. The summed E-state index contributed by atoms with van der Waals surface area (Å²) in [6, 6.07) is 21.5. The van der Waals surface area contributed by atoms with E-state index >= 15 is 0 Å². The summed E-state index contributed by atoms with van der Waals surface area (Å²) in [5, 5.41) is 13.1. The predicted molar refractivity (Wildman–Crippen MR) is 157 cm³/mol. The van der Waals surface area contributed by atoms with E-state index < -0.39 is 14.4 Å². The van der Waals surface area contributed by atoms with Crippen LogP contribution in [0.5, 0.6) is 0 Å². The Morgan fingerprint density at radius 1 is 0.895 bits per heavy atom. The van der Waals surface area contributed by atoms with Crippen LogP contribution in [0.25, 0.3) is 11.2 Å². The van der Waals surface area contributed by atoms with Crippen LogP contribution >= 0.6 is 0 Å². The second-order valence-corrected chi connectivity index (χ2v) is 15.4. The highest BCUT2D eigenvalue weighted by Gasteiger charge is 2.49. The molecule has 0 saturated heterocycles. The Morgan fingerprint density at radius 3 is 2.08 bits per heavy atom. The van der Waals surface area contributed by atoms with Crippen LogP contribution in [-0.4, -0.2) is 45.7 Å². The highest BCUT2D eigenvalue weighted by molar-refractivity contribution is 6.99. The molecular formula is C30H41N5O2Si. The number of unbranched alkanes of at least 4 members (excludes halogenated alkanes) is 3. The Morgan fingerprint density at radius 2 is 1.50 bits per heavy atom. The standard InChI is InChI=1S/C30H41N5O2Si/c1-23(36)26(35-22-34-27-28(31)32-21-33-29(27)35)19-13-5-6-14-20-37-38(30(2,3)4,24-15-9-7-10-16-24)25-17-11-8-12-18-25/h7-12,15-18,21-23,26,36H,5-6,13-14,19-20H2,1-4H3,(H2,31,32,33)/t23-,26+/m0/s1. The summed E-state index contributed by atoms with van der Waals surface area (Å²) in [7, 11) is -2.48. The highest BCUT2D eigenvalue weighted by Crippen LogP contribution is 2.37. The largest absolute Gasteiger partial charge is 0.407 e. The minimum absolute atomic E-state index is 0.0132. The molecule has 0 saturated carbocycles. The number of rotatable bonds is 12. The Balaban J connectivity index is 1.37. The maximum atomic E-state index is 10.5. The van der Waals surface area contributed by atoms with Crippen LogP contribution in [0.2, 0.25) is 5.04 Å². The molecule has 0 radical (unpaired) electrons. The van der Waals surface area contributed by atoms with Crippen LogP contribution in [0.1, 0.15) is 65.8 Å². The first kappa shape index (κ1) is 27.9. The number of nitrogen functional groups attached to an aromatic ring is 1. The van der Waals surface area contributed by atoms with Crippen LogP contribution in [0, 0.1) is 0 Å². The minimum atomic E-state index is -2.48. The van der Waals surface area contributed by atoms with Gasteiger partial charge in [-0.2, -0.15) is 0 Å². The van der Waals surface area contributed by atoms with E-state index in [1.165, 1.54) is 16.7 Å². The number of nitrogens with two attached hydrogens (primary N) is 1. The number of imidazole rings is 1.